The lowest BCUT2D eigenvalue weighted by Gasteiger charge is -2.32. The first-order valence-corrected chi connectivity index (χ1v) is 11.4. The Hall–Kier alpha value is -2.70. The van der Waals surface area contributed by atoms with E-state index in [-0.39, 0.29) is 11.8 Å². The minimum Gasteiger partial charge on any atom is -0.333 e. The van der Waals surface area contributed by atoms with Crippen LogP contribution in [0.4, 0.5) is 5.69 Å². The molecule has 3 N–H and O–H groups in total. The van der Waals surface area contributed by atoms with E-state index in [0.717, 1.165) is 56.9 Å². The number of hydrogen-bond donors (Lipinski definition) is 3. The van der Waals surface area contributed by atoms with Gasteiger partial charge in [0.05, 0.1) is 0 Å². The van der Waals surface area contributed by atoms with Gasteiger partial charge >= 0.3 is 0 Å². The van der Waals surface area contributed by atoms with Crippen molar-refractivity contribution in [3.8, 4) is 0 Å². The van der Waals surface area contributed by atoms with Crippen LogP contribution in [0.3, 0.4) is 0 Å². The summed E-state index contributed by atoms with van der Waals surface area (Å²) < 4.78 is 0. The molecule has 0 unspecified atom stereocenters. The molecule has 2 heterocycles. The highest BCUT2D eigenvalue weighted by molar-refractivity contribution is 5.92. The van der Waals surface area contributed by atoms with Crippen LogP contribution in [-0.4, -0.2) is 62.5 Å². The molecule has 31 heavy (non-hydrogen) atoms. The maximum Gasteiger partial charge on any atom is 0.279 e. The fraction of sp³-hybridized carbons (Fsp3) is 0.440. The van der Waals surface area contributed by atoms with Gasteiger partial charge in [-0.25, -0.2) is 0 Å². The van der Waals surface area contributed by atoms with Crippen molar-refractivity contribution in [2.24, 2.45) is 0 Å². The third kappa shape index (κ3) is 5.32. The average Bonchev–Trinajstić information content (AvgIpc) is 2.78. The number of piperazine rings is 1. The van der Waals surface area contributed by atoms with Crippen LogP contribution in [0.15, 0.2) is 42.5 Å². The summed E-state index contributed by atoms with van der Waals surface area (Å²) >= 11 is 0. The molecule has 0 aromatic heterocycles. The Kier molecular flexibility index (Phi) is 6.68. The molecule has 164 valence electrons. The van der Waals surface area contributed by atoms with E-state index in [9.17, 15) is 9.59 Å². The summed E-state index contributed by atoms with van der Waals surface area (Å²) in [5, 5.41) is 3.07. The normalized spacial score (nSPS) is 20.8. The number of anilines is 1. The van der Waals surface area contributed by atoms with Gasteiger partial charge in [0, 0.05) is 18.8 Å². The molecule has 1 fully saturated rings. The van der Waals surface area contributed by atoms with Crippen LogP contribution in [0.2, 0.25) is 0 Å². The fourth-order valence-corrected chi connectivity index (χ4v) is 4.65. The predicted molar refractivity (Wildman–Crippen MR) is 121 cm³/mol. The monoisotopic (exact) mass is 422 g/mol. The molecular weight excluding hydrogens is 388 g/mol. The molecule has 0 bridgehead atoms. The van der Waals surface area contributed by atoms with Crippen molar-refractivity contribution in [1.82, 2.24) is 4.90 Å². The number of quaternary nitrogens is 2. The Morgan fingerprint density at radius 3 is 2.32 bits per heavy atom. The Morgan fingerprint density at radius 2 is 1.58 bits per heavy atom. The summed E-state index contributed by atoms with van der Waals surface area (Å²) in [5.41, 5.74) is 5.86. The van der Waals surface area contributed by atoms with Crippen molar-refractivity contribution >= 4 is 17.5 Å². The molecule has 0 radical (unpaired) electrons. The number of carbonyl (C=O) groups excluding carboxylic acids is 2. The van der Waals surface area contributed by atoms with Gasteiger partial charge in [0.1, 0.15) is 26.2 Å². The summed E-state index contributed by atoms with van der Waals surface area (Å²) in [5.74, 6) is 0.316. The topological polar surface area (TPSA) is 58.3 Å². The molecule has 1 saturated heterocycles. The summed E-state index contributed by atoms with van der Waals surface area (Å²) in [6.45, 7) is 10.4. The number of fused-ring (bicyclic) bond motifs is 1. The second-order valence-corrected chi connectivity index (χ2v) is 8.98. The number of benzene rings is 2. The van der Waals surface area contributed by atoms with Gasteiger partial charge in [-0.3, -0.25) is 9.59 Å². The van der Waals surface area contributed by atoms with Crippen LogP contribution in [0.25, 0.3) is 0 Å². The van der Waals surface area contributed by atoms with E-state index in [1.165, 1.54) is 26.5 Å². The van der Waals surface area contributed by atoms with Gasteiger partial charge in [-0.1, -0.05) is 36.4 Å². The van der Waals surface area contributed by atoms with Crippen LogP contribution in [0.1, 0.15) is 22.3 Å². The first kappa shape index (κ1) is 21.5. The molecule has 2 aliphatic heterocycles. The molecule has 6 heteroatoms. The van der Waals surface area contributed by atoms with Crippen LogP contribution < -0.4 is 15.1 Å². The molecule has 2 aromatic rings. The van der Waals surface area contributed by atoms with Gasteiger partial charge in [0.25, 0.3) is 11.8 Å². The number of carbonyl (C=O) groups is 2. The zero-order valence-corrected chi connectivity index (χ0v) is 18.7. The lowest BCUT2D eigenvalue weighted by molar-refractivity contribution is -1.00. The Morgan fingerprint density at radius 1 is 0.903 bits per heavy atom. The third-order valence-electron chi connectivity index (χ3n) is 6.84. The first-order valence-electron chi connectivity index (χ1n) is 11.4. The molecule has 4 rings (SSSR count). The minimum absolute atomic E-state index is 0.0650. The van der Waals surface area contributed by atoms with Gasteiger partial charge < -0.3 is 20.0 Å². The molecule has 6 nitrogen and oxygen atoms in total. The maximum absolute atomic E-state index is 12.8. The summed E-state index contributed by atoms with van der Waals surface area (Å²) in [4.78, 5) is 30.0. The van der Waals surface area contributed by atoms with E-state index in [1.807, 2.05) is 24.0 Å². The second kappa shape index (κ2) is 9.62. The molecule has 0 atom stereocenters. The molecular formula is C25H34N4O2+2. The van der Waals surface area contributed by atoms with Crippen LogP contribution in [-0.2, 0) is 22.6 Å². The largest absolute Gasteiger partial charge is 0.333 e. The minimum atomic E-state index is 0.0650. The van der Waals surface area contributed by atoms with Crippen molar-refractivity contribution in [1.29, 1.82) is 0 Å². The Bertz CT molecular complexity index is 950. The van der Waals surface area contributed by atoms with Gasteiger partial charge in [-0.05, 0) is 48.6 Å². The molecule has 0 spiro atoms. The highest BCUT2D eigenvalue weighted by Crippen LogP contribution is 2.18. The van der Waals surface area contributed by atoms with Gasteiger partial charge in [-0.2, -0.15) is 0 Å². The van der Waals surface area contributed by atoms with Crippen LogP contribution in [0.5, 0.6) is 0 Å². The first-order chi connectivity index (χ1) is 15.0. The van der Waals surface area contributed by atoms with E-state index in [4.69, 9.17) is 0 Å². The van der Waals surface area contributed by atoms with Gasteiger partial charge in [0.2, 0.25) is 0 Å². The van der Waals surface area contributed by atoms with Crippen molar-refractivity contribution < 1.29 is 19.4 Å². The van der Waals surface area contributed by atoms with Crippen molar-refractivity contribution in [2.45, 2.75) is 26.8 Å². The van der Waals surface area contributed by atoms with Gasteiger partial charge in [-0.15, -0.1) is 0 Å². The summed E-state index contributed by atoms with van der Waals surface area (Å²) in [6.07, 6.45) is 0.949. The Balaban J connectivity index is 1.21. The van der Waals surface area contributed by atoms with E-state index in [0.29, 0.717) is 13.1 Å². The van der Waals surface area contributed by atoms with Crippen molar-refractivity contribution in [2.75, 3.05) is 51.1 Å². The lowest BCUT2D eigenvalue weighted by Crippen LogP contribution is -3.28. The number of rotatable bonds is 5. The fourth-order valence-electron chi connectivity index (χ4n) is 4.65. The molecule has 2 aliphatic rings. The summed E-state index contributed by atoms with van der Waals surface area (Å²) in [6, 6.07) is 14.4. The van der Waals surface area contributed by atoms with Crippen molar-refractivity contribution in [3.05, 3.63) is 64.7 Å². The third-order valence-corrected chi connectivity index (χ3v) is 6.84. The van der Waals surface area contributed by atoms with Crippen LogP contribution >= 0.6 is 0 Å². The number of nitrogens with one attached hydrogen (secondary N) is 3. The number of amides is 2. The molecule has 2 amide bonds. The number of aryl methyl sites for hydroxylation is 1. The van der Waals surface area contributed by atoms with E-state index >= 15 is 0 Å². The standard InChI is InChI=1S/C25H32N4O2/c1-19-6-5-9-23(20(19)2)26-24(30)17-27-12-14-28(15-13-27)18-25(31)29-11-10-21-7-3-4-8-22(21)16-29/h3-9H,10-18H2,1-2H3,(H,26,30)/p+2. The lowest BCUT2D eigenvalue weighted by atomic mass is 10.00. The quantitative estimate of drug-likeness (QED) is 0.615. The second-order valence-electron chi connectivity index (χ2n) is 8.98. The van der Waals surface area contributed by atoms with E-state index in [2.05, 4.69) is 42.6 Å². The Labute approximate surface area is 184 Å². The smallest absolute Gasteiger partial charge is 0.279 e. The van der Waals surface area contributed by atoms with Crippen molar-refractivity contribution in [3.63, 3.8) is 0 Å². The van der Waals surface area contributed by atoms with E-state index < -0.39 is 0 Å². The highest BCUT2D eigenvalue weighted by Gasteiger charge is 2.29. The molecule has 0 aliphatic carbocycles. The zero-order chi connectivity index (χ0) is 21.8. The van der Waals surface area contributed by atoms with Crippen LogP contribution in [0, 0.1) is 13.8 Å². The van der Waals surface area contributed by atoms with E-state index in [1.54, 1.807) is 0 Å². The maximum atomic E-state index is 12.8. The van der Waals surface area contributed by atoms with Gasteiger partial charge in [0.15, 0.2) is 13.1 Å². The molecule has 0 saturated carbocycles. The average molecular weight is 423 g/mol. The summed E-state index contributed by atoms with van der Waals surface area (Å²) in [7, 11) is 0. The highest BCUT2D eigenvalue weighted by atomic mass is 16.2. The molecule has 2 aromatic carbocycles. The zero-order valence-electron chi connectivity index (χ0n) is 18.7. The number of nitrogens with zero attached hydrogens (tertiary/aromatic N) is 1. The number of hydrogen-bond acceptors (Lipinski definition) is 2. The predicted octanol–water partition coefficient (Wildman–Crippen LogP) is -0.390. The SMILES string of the molecule is Cc1cccc(NC(=O)C[NH+]2CC[NH+](CC(=O)N3CCc4ccccc4C3)CC2)c1C.